The number of amides is 1. The fourth-order valence-corrected chi connectivity index (χ4v) is 3.97. The number of ether oxygens (including phenoxy) is 3. The van der Waals surface area contributed by atoms with Crippen LogP contribution in [0.25, 0.3) is 0 Å². The fraction of sp³-hybridized carbons (Fsp3) is 0.609. The molecular weight excluding hydrogens is 384 g/mol. The van der Waals surface area contributed by atoms with Crippen LogP contribution in [0, 0.1) is 16.7 Å². The molecule has 0 aromatic heterocycles. The van der Waals surface area contributed by atoms with Gasteiger partial charge in [0.15, 0.2) is 0 Å². The van der Waals surface area contributed by atoms with E-state index in [4.69, 9.17) is 14.2 Å². The molecule has 1 heterocycles. The van der Waals surface area contributed by atoms with E-state index in [-0.39, 0.29) is 25.1 Å². The van der Waals surface area contributed by atoms with Crippen molar-refractivity contribution in [3.05, 3.63) is 29.8 Å². The second-order valence-corrected chi connectivity index (χ2v) is 8.62. The van der Waals surface area contributed by atoms with Crippen LogP contribution in [0.1, 0.15) is 58.4 Å². The number of nitriles is 1. The number of nitrogens with zero attached hydrogens (tertiary/aromatic N) is 2. The molecular formula is C23H32N2O5. The molecule has 0 spiro atoms. The van der Waals surface area contributed by atoms with Gasteiger partial charge >= 0.3 is 12.1 Å². The first-order chi connectivity index (χ1) is 14.2. The Kier molecular flexibility index (Phi) is 7.71. The van der Waals surface area contributed by atoms with E-state index in [1.165, 1.54) is 0 Å². The van der Waals surface area contributed by atoms with Crippen LogP contribution in [-0.4, -0.2) is 49.4 Å². The van der Waals surface area contributed by atoms with E-state index in [2.05, 4.69) is 6.07 Å². The van der Waals surface area contributed by atoms with Crippen LogP contribution in [-0.2, 0) is 14.3 Å². The van der Waals surface area contributed by atoms with Crippen molar-refractivity contribution < 1.29 is 23.8 Å². The molecule has 0 aliphatic carbocycles. The zero-order valence-corrected chi connectivity index (χ0v) is 18.6. The topological polar surface area (TPSA) is 88.9 Å². The molecule has 1 saturated heterocycles. The quantitative estimate of drug-likeness (QED) is 0.643. The van der Waals surface area contributed by atoms with Gasteiger partial charge in [-0.1, -0.05) is 18.2 Å². The lowest BCUT2D eigenvalue weighted by Gasteiger charge is -2.44. The Hall–Kier alpha value is -2.75. The number of para-hydroxylation sites is 1. The van der Waals surface area contributed by atoms with Crippen LogP contribution in [0.4, 0.5) is 4.79 Å². The largest absolute Gasteiger partial charge is 0.496 e. The molecule has 1 aromatic carbocycles. The number of rotatable bonds is 6. The monoisotopic (exact) mass is 416 g/mol. The van der Waals surface area contributed by atoms with E-state index >= 15 is 0 Å². The summed E-state index contributed by atoms with van der Waals surface area (Å²) in [6, 6.07) is 9.79. The van der Waals surface area contributed by atoms with Gasteiger partial charge in [-0.2, -0.15) is 5.26 Å². The standard InChI is InChI=1S/C23H32N2O5/c1-6-29-20(26)15-23(18(16-24)17-9-7-8-10-19(17)28-5)11-13-25(14-12-23)21(27)30-22(2,3)4/h7-10,18H,6,11-15H2,1-5H3. The normalized spacial score (nSPS) is 16.9. The molecule has 0 radical (unpaired) electrons. The number of piperidine rings is 1. The van der Waals surface area contributed by atoms with Crippen molar-refractivity contribution in [2.45, 2.75) is 58.5 Å². The van der Waals surface area contributed by atoms with E-state index in [1.807, 2.05) is 45.0 Å². The lowest BCUT2D eigenvalue weighted by Crippen LogP contribution is -2.47. The van der Waals surface area contributed by atoms with Crippen molar-refractivity contribution in [3.8, 4) is 11.8 Å². The minimum atomic E-state index is -0.659. The van der Waals surface area contributed by atoms with Gasteiger partial charge in [-0.05, 0) is 46.6 Å². The minimum Gasteiger partial charge on any atom is -0.496 e. The van der Waals surface area contributed by atoms with Crippen molar-refractivity contribution in [1.82, 2.24) is 4.90 Å². The van der Waals surface area contributed by atoms with Gasteiger partial charge in [0.25, 0.3) is 0 Å². The summed E-state index contributed by atoms with van der Waals surface area (Å²) in [5.74, 6) is -0.293. The molecule has 1 aliphatic heterocycles. The predicted octanol–water partition coefficient (Wildman–Crippen LogP) is 4.27. The molecule has 7 nitrogen and oxygen atoms in total. The van der Waals surface area contributed by atoms with Gasteiger partial charge in [0, 0.05) is 24.1 Å². The van der Waals surface area contributed by atoms with Gasteiger partial charge in [-0.15, -0.1) is 0 Å². The summed E-state index contributed by atoms with van der Waals surface area (Å²) in [5, 5.41) is 10.1. The number of likely N-dealkylation sites (tertiary alicyclic amines) is 1. The van der Waals surface area contributed by atoms with Crippen LogP contribution < -0.4 is 4.74 Å². The van der Waals surface area contributed by atoms with Gasteiger partial charge in [0.1, 0.15) is 11.4 Å². The molecule has 1 fully saturated rings. The first kappa shape index (κ1) is 23.5. The van der Waals surface area contributed by atoms with Crippen LogP contribution in [0.3, 0.4) is 0 Å². The highest BCUT2D eigenvalue weighted by Gasteiger charge is 2.46. The Labute approximate surface area is 178 Å². The third-order valence-electron chi connectivity index (χ3n) is 5.40. The molecule has 2 rings (SSSR count). The summed E-state index contributed by atoms with van der Waals surface area (Å²) in [6.07, 6.45) is 0.708. The lowest BCUT2D eigenvalue weighted by atomic mass is 9.64. The van der Waals surface area contributed by atoms with Crippen molar-refractivity contribution in [2.24, 2.45) is 5.41 Å². The van der Waals surface area contributed by atoms with Crippen molar-refractivity contribution in [3.63, 3.8) is 0 Å². The smallest absolute Gasteiger partial charge is 0.410 e. The van der Waals surface area contributed by atoms with Crippen LogP contribution >= 0.6 is 0 Å². The average Bonchev–Trinajstić information content (AvgIpc) is 2.68. The minimum absolute atomic E-state index is 0.110. The van der Waals surface area contributed by atoms with Crippen LogP contribution in [0.5, 0.6) is 5.75 Å². The Bertz CT molecular complexity index is 786. The number of hydrogen-bond acceptors (Lipinski definition) is 6. The molecule has 7 heteroatoms. The second kappa shape index (κ2) is 9.84. The molecule has 164 valence electrons. The first-order valence-electron chi connectivity index (χ1n) is 10.3. The zero-order chi connectivity index (χ0) is 22.4. The maximum absolute atomic E-state index is 12.5. The highest BCUT2D eigenvalue weighted by atomic mass is 16.6. The lowest BCUT2D eigenvalue weighted by molar-refractivity contribution is -0.147. The number of methoxy groups -OCH3 is 1. The maximum Gasteiger partial charge on any atom is 0.410 e. The van der Waals surface area contributed by atoms with Gasteiger partial charge in [-0.25, -0.2) is 4.79 Å². The molecule has 1 atom stereocenters. The molecule has 1 aromatic rings. The Morgan fingerprint density at radius 1 is 1.23 bits per heavy atom. The first-order valence-corrected chi connectivity index (χ1v) is 10.3. The van der Waals surface area contributed by atoms with Crippen LogP contribution in [0.15, 0.2) is 24.3 Å². The molecule has 1 aliphatic rings. The second-order valence-electron chi connectivity index (χ2n) is 8.62. The van der Waals surface area contributed by atoms with E-state index < -0.39 is 16.9 Å². The SMILES string of the molecule is CCOC(=O)CC1(C(C#N)c2ccccc2OC)CCN(C(=O)OC(C)(C)C)CC1. The summed E-state index contributed by atoms with van der Waals surface area (Å²) < 4.78 is 16.2. The summed E-state index contributed by atoms with van der Waals surface area (Å²) in [5.41, 5.74) is -0.491. The van der Waals surface area contributed by atoms with Crippen molar-refractivity contribution in [2.75, 3.05) is 26.8 Å². The Balaban J connectivity index is 2.33. The number of hydrogen-bond donors (Lipinski definition) is 0. The maximum atomic E-state index is 12.5. The van der Waals surface area contributed by atoms with E-state index in [0.717, 1.165) is 5.56 Å². The molecule has 1 unspecified atom stereocenters. The van der Waals surface area contributed by atoms with Gasteiger partial charge in [0.2, 0.25) is 0 Å². The number of carbonyl (C=O) groups is 2. The van der Waals surface area contributed by atoms with Crippen molar-refractivity contribution >= 4 is 12.1 Å². The van der Waals surface area contributed by atoms with E-state index in [0.29, 0.717) is 31.7 Å². The average molecular weight is 417 g/mol. The summed E-state index contributed by atoms with van der Waals surface area (Å²) in [4.78, 5) is 26.6. The highest BCUT2D eigenvalue weighted by molar-refractivity contribution is 5.71. The molecule has 0 saturated carbocycles. The predicted molar refractivity (Wildman–Crippen MR) is 112 cm³/mol. The van der Waals surface area contributed by atoms with Gasteiger partial charge < -0.3 is 19.1 Å². The van der Waals surface area contributed by atoms with Crippen LogP contribution in [0.2, 0.25) is 0 Å². The van der Waals surface area contributed by atoms with Gasteiger partial charge in [0.05, 0.1) is 32.1 Å². The highest BCUT2D eigenvalue weighted by Crippen LogP contribution is 2.49. The summed E-state index contributed by atoms with van der Waals surface area (Å²) >= 11 is 0. The third kappa shape index (κ3) is 5.65. The van der Waals surface area contributed by atoms with E-state index in [1.54, 1.807) is 18.9 Å². The number of esters is 1. The molecule has 0 bridgehead atoms. The van der Waals surface area contributed by atoms with E-state index in [9.17, 15) is 14.9 Å². The third-order valence-corrected chi connectivity index (χ3v) is 5.40. The number of benzene rings is 1. The fourth-order valence-electron chi connectivity index (χ4n) is 3.97. The Morgan fingerprint density at radius 3 is 2.40 bits per heavy atom. The molecule has 30 heavy (non-hydrogen) atoms. The Morgan fingerprint density at radius 2 is 1.87 bits per heavy atom. The molecule has 0 N–H and O–H groups in total. The summed E-state index contributed by atoms with van der Waals surface area (Å²) in [7, 11) is 1.57. The summed E-state index contributed by atoms with van der Waals surface area (Å²) in [6.45, 7) is 8.33. The zero-order valence-electron chi connectivity index (χ0n) is 18.6. The number of carbonyl (C=O) groups excluding carboxylic acids is 2. The van der Waals surface area contributed by atoms with Crippen molar-refractivity contribution in [1.29, 1.82) is 5.26 Å². The molecule has 1 amide bonds. The van der Waals surface area contributed by atoms with Gasteiger partial charge in [-0.3, -0.25) is 4.79 Å².